The Hall–Kier alpha value is -5.25. The summed E-state index contributed by atoms with van der Waals surface area (Å²) in [7, 11) is 0. The average molecular weight is 993 g/mol. The first-order valence-electron chi connectivity index (χ1n) is 29.2. The third kappa shape index (κ3) is 17.7. The van der Waals surface area contributed by atoms with Crippen LogP contribution in [0.25, 0.3) is 54.5 Å². The molecule has 8 rings (SSSR count). The molecule has 0 saturated carbocycles. The molecule has 0 atom stereocenters. The van der Waals surface area contributed by atoms with Crippen LogP contribution < -0.4 is 4.90 Å². The van der Waals surface area contributed by atoms with E-state index in [1.165, 1.54) is 233 Å². The van der Waals surface area contributed by atoms with Gasteiger partial charge in [0.1, 0.15) is 5.76 Å². The van der Waals surface area contributed by atoms with Gasteiger partial charge in [0.15, 0.2) is 0 Å². The van der Waals surface area contributed by atoms with E-state index in [1.807, 2.05) is 11.8 Å². The highest BCUT2D eigenvalue weighted by molar-refractivity contribution is 8.08. The number of thioether (sulfide) groups is 1. The lowest BCUT2D eigenvalue weighted by Gasteiger charge is -2.26. The zero-order valence-corrected chi connectivity index (χ0v) is 46.0. The Morgan fingerprint density at radius 1 is 0.342 bits per heavy atom. The minimum absolute atomic E-state index is 0.780. The van der Waals surface area contributed by atoms with Gasteiger partial charge < -0.3 is 9.64 Å². The number of fused-ring (bicyclic) bond motifs is 2. The molecule has 1 heterocycles. The number of hydrogen-bond donors (Lipinski definition) is 0. The second kappa shape index (κ2) is 32.8. The molecule has 3 heteroatoms. The van der Waals surface area contributed by atoms with Crippen molar-refractivity contribution in [1.29, 1.82) is 0 Å². The van der Waals surface area contributed by atoms with Gasteiger partial charge >= 0.3 is 0 Å². The molecule has 7 aromatic rings. The highest BCUT2D eigenvalue weighted by atomic mass is 32.2. The van der Waals surface area contributed by atoms with E-state index in [-0.39, 0.29) is 0 Å². The summed E-state index contributed by atoms with van der Waals surface area (Å²) in [6.07, 6.45) is 33.8. The Balaban J connectivity index is 0.000000249. The van der Waals surface area contributed by atoms with Crippen molar-refractivity contribution in [2.24, 2.45) is 0 Å². The maximum Gasteiger partial charge on any atom is 0.140 e. The number of unbranched alkanes of at least 4 members (excludes halogenated alkanes) is 22. The third-order valence-electron chi connectivity index (χ3n) is 14.9. The van der Waals surface area contributed by atoms with Gasteiger partial charge in [-0.05, 0) is 74.3 Å². The largest absolute Gasteiger partial charge is 0.491 e. The van der Waals surface area contributed by atoms with Crippen molar-refractivity contribution in [2.75, 3.05) is 30.3 Å². The Morgan fingerprint density at radius 3 is 1.04 bits per heavy atom. The lowest BCUT2D eigenvalue weighted by Crippen LogP contribution is -2.25. The quantitative estimate of drug-likeness (QED) is 0.0318. The van der Waals surface area contributed by atoms with E-state index in [4.69, 9.17) is 4.74 Å². The number of ether oxygens (including phenoxy) is 1. The van der Waals surface area contributed by atoms with E-state index in [0.717, 1.165) is 18.1 Å². The Bertz CT molecular complexity index is 2420. The maximum atomic E-state index is 6.21. The molecule has 0 amide bonds. The Morgan fingerprint density at radius 2 is 0.671 bits per heavy atom. The van der Waals surface area contributed by atoms with Crippen LogP contribution in [0.4, 0.5) is 5.69 Å². The van der Waals surface area contributed by atoms with Crippen molar-refractivity contribution in [3.63, 3.8) is 0 Å². The van der Waals surface area contributed by atoms with Gasteiger partial charge in [-0.25, -0.2) is 0 Å². The highest BCUT2D eigenvalue weighted by Gasteiger charge is 2.19. The molecule has 0 aliphatic carbocycles. The fraction of sp³-hybridized carbons (Fsp3) is 0.429. The van der Waals surface area contributed by atoms with Gasteiger partial charge in [-0.1, -0.05) is 307 Å². The van der Waals surface area contributed by atoms with Crippen molar-refractivity contribution in [1.82, 2.24) is 0 Å². The molecule has 73 heavy (non-hydrogen) atoms. The molecule has 0 fully saturated rings. The van der Waals surface area contributed by atoms with Crippen LogP contribution in [0, 0.1) is 0 Å². The first kappa shape index (κ1) is 55.5. The van der Waals surface area contributed by atoms with Gasteiger partial charge in [0.05, 0.1) is 11.5 Å². The normalized spacial score (nSPS) is 12.5. The number of rotatable bonds is 31. The summed E-state index contributed by atoms with van der Waals surface area (Å²) < 4.78 is 6.21. The Kier molecular flexibility index (Phi) is 25.0. The topological polar surface area (TPSA) is 12.5 Å². The van der Waals surface area contributed by atoms with E-state index in [2.05, 4.69) is 183 Å². The molecule has 2 nitrogen and oxygen atoms in total. The van der Waals surface area contributed by atoms with Gasteiger partial charge in [-0.3, -0.25) is 0 Å². The maximum absolute atomic E-state index is 6.21. The van der Waals surface area contributed by atoms with E-state index in [0.29, 0.717) is 0 Å². The van der Waals surface area contributed by atoms with Gasteiger partial charge in [0.25, 0.3) is 0 Å². The van der Waals surface area contributed by atoms with Crippen molar-refractivity contribution in [3.05, 3.63) is 175 Å². The molecule has 0 N–H and O–H groups in total. The molecule has 0 saturated heterocycles. The van der Waals surface area contributed by atoms with Crippen LogP contribution in [0.1, 0.15) is 179 Å². The smallest absolute Gasteiger partial charge is 0.140 e. The number of benzene rings is 7. The molecule has 0 aromatic heterocycles. The first-order valence-corrected chi connectivity index (χ1v) is 30.2. The summed E-state index contributed by atoms with van der Waals surface area (Å²) in [6, 6.07) is 59.0. The fourth-order valence-electron chi connectivity index (χ4n) is 10.9. The predicted molar refractivity (Wildman–Crippen MR) is 325 cm³/mol. The number of hydrogen-bond acceptors (Lipinski definition) is 3. The molecule has 0 bridgehead atoms. The monoisotopic (exact) mass is 992 g/mol. The van der Waals surface area contributed by atoms with Crippen LogP contribution in [-0.4, -0.2) is 25.4 Å². The van der Waals surface area contributed by atoms with Crippen molar-refractivity contribution >= 4 is 49.7 Å². The molecule has 0 spiro atoms. The van der Waals surface area contributed by atoms with Crippen LogP contribution in [-0.2, 0) is 4.74 Å². The number of anilines is 1. The SMILES string of the molecule is CCCCCCCCCCCCCCN(CCCCCCCCCCCCCC)c1ccc(C2=C(c3ccccc3)OCCS2)cc1.c1ccc(-c2c3ccccc3c(-c3ccccc3)c3ccccc23)cc1. The summed E-state index contributed by atoms with van der Waals surface area (Å²) in [4.78, 5) is 3.97. The second-order valence-electron chi connectivity index (χ2n) is 20.6. The third-order valence-corrected chi connectivity index (χ3v) is 16.0. The highest BCUT2D eigenvalue weighted by Crippen LogP contribution is 2.44. The van der Waals surface area contributed by atoms with E-state index >= 15 is 0 Å². The second-order valence-corrected chi connectivity index (χ2v) is 21.7. The zero-order chi connectivity index (χ0) is 50.4. The Labute approximate surface area is 447 Å². The van der Waals surface area contributed by atoms with E-state index < -0.39 is 0 Å². The summed E-state index contributed by atoms with van der Waals surface area (Å²) in [5.41, 5.74) is 9.02. The number of nitrogens with zero attached hydrogens (tertiary/aromatic N) is 1. The molecule has 7 aromatic carbocycles. The lowest BCUT2D eigenvalue weighted by atomic mass is 9.86. The summed E-state index contributed by atoms with van der Waals surface area (Å²) in [6.45, 7) is 7.76. The van der Waals surface area contributed by atoms with Gasteiger partial charge in [0, 0.05) is 30.1 Å². The molecule has 0 unspecified atom stereocenters. The van der Waals surface area contributed by atoms with Gasteiger partial charge in [0.2, 0.25) is 0 Å². The summed E-state index contributed by atoms with van der Waals surface area (Å²) in [5.74, 6) is 2.05. The summed E-state index contributed by atoms with van der Waals surface area (Å²) >= 11 is 1.94. The minimum Gasteiger partial charge on any atom is -0.491 e. The van der Waals surface area contributed by atoms with Gasteiger partial charge in [-0.15, -0.1) is 11.8 Å². The average Bonchev–Trinajstić information content (AvgIpc) is 3.45. The summed E-state index contributed by atoms with van der Waals surface area (Å²) in [5, 5.41) is 5.21. The first-order chi connectivity index (χ1) is 36.3. The molecule has 1 aliphatic heterocycles. The predicted octanol–water partition coefficient (Wildman–Crippen LogP) is 21.8. The molecular weight excluding hydrogens is 903 g/mol. The molecule has 1 aliphatic rings. The van der Waals surface area contributed by atoms with Crippen LogP contribution in [0.2, 0.25) is 0 Å². The zero-order valence-electron chi connectivity index (χ0n) is 45.2. The fourth-order valence-corrected chi connectivity index (χ4v) is 11.9. The minimum atomic E-state index is 0.780. The van der Waals surface area contributed by atoms with Crippen LogP contribution in [0.5, 0.6) is 0 Å². The van der Waals surface area contributed by atoms with Crippen molar-refractivity contribution in [2.45, 2.75) is 168 Å². The van der Waals surface area contributed by atoms with Gasteiger partial charge in [-0.2, -0.15) is 0 Å². The van der Waals surface area contributed by atoms with E-state index in [9.17, 15) is 0 Å². The van der Waals surface area contributed by atoms with Crippen LogP contribution in [0.3, 0.4) is 0 Å². The van der Waals surface area contributed by atoms with E-state index in [1.54, 1.807) is 0 Å². The molecule has 0 radical (unpaired) electrons. The van der Waals surface area contributed by atoms with Crippen LogP contribution >= 0.6 is 11.8 Å². The van der Waals surface area contributed by atoms with Crippen LogP contribution in [0.15, 0.2) is 164 Å². The standard InChI is InChI=1S/C44H71NOS.C26H18/c1-3-5-7-9-11-13-15-17-19-21-23-28-36-45(37-29-24-22-20-18-16-14-12-10-8-6-4-2)42-34-32-41(33-35-42)44-43(46-38-39-47-44)40-30-26-25-27-31-40;1-3-11-19(12-4-1)25-21-15-7-9-17-23(21)26(20-13-5-2-6-14-20)24-18-10-8-16-22(24)25/h25-27,30-35H,3-24,28-29,36-39H2,1-2H3;1-18H. The van der Waals surface area contributed by atoms with Crippen molar-refractivity contribution < 1.29 is 4.74 Å². The van der Waals surface area contributed by atoms with Crippen molar-refractivity contribution in [3.8, 4) is 22.3 Å². The lowest BCUT2D eigenvalue weighted by molar-refractivity contribution is 0.301. The molecular formula is C70H89NOS. The molecule has 386 valence electrons.